The molecule has 1 saturated heterocycles. The van der Waals surface area contributed by atoms with E-state index in [0.29, 0.717) is 18.8 Å². The summed E-state index contributed by atoms with van der Waals surface area (Å²) >= 11 is 0. The highest BCUT2D eigenvalue weighted by Gasteiger charge is 2.21. The van der Waals surface area contributed by atoms with E-state index in [-0.39, 0.29) is 0 Å². The monoisotopic (exact) mass is 215 g/mol. The molecule has 1 atom stereocenters. The van der Waals surface area contributed by atoms with E-state index in [9.17, 15) is 0 Å². The summed E-state index contributed by atoms with van der Waals surface area (Å²) in [5.74, 6) is 0. The van der Waals surface area contributed by atoms with E-state index in [2.05, 4.69) is 18.7 Å². The van der Waals surface area contributed by atoms with Crippen LogP contribution in [0.25, 0.3) is 0 Å². The van der Waals surface area contributed by atoms with Crippen LogP contribution in [0.1, 0.15) is 39.5 Å². The summed E-state index contributed by atoms with van der Waals surface area (Å²) in [6.45, 7) is 7.46. The molecule has 15 heavy (non-hydrogen) atoms. The van der Waals surface area contributed by atoms with Crippen LogP contribution in [0.3, 0.4) is 0 Å². The molecule has 1 aliphatic heterocycles. The number of rotatable bonds is 6. The number of aliphatic hydroxyl groups excluding tert-OH is 1. The number of nitrogens with zero attached hydrogens (tertiary/aromatic N) is 1. The van der Waals surface area contributed by atoms with Crippen molar-refractivity contribution in [3.8, 4) is 0 Å². The van der Waals surface area contributed by atoms with Gasteiger partial charge in [-0.25, -0.2) is 0 Å². The Morgan fingerprint density at radius 3 is 2.87 bits per heavy atom. The molecule has 0 aliphatic carbocycles. The Balaban J connectivity index is 2.23. The van der Waals surface area contributed by atoms with E-state index in [1.54, 1.807) is 0 Å². The molecular weight excluding hydrogens is 190 g/mol. The summed E-state index contributed by atoms with van der Waals surface area (Å²) in [5.41, 5.74) is 0. The van der Waals surface area contributed by atoms with Gasteiger partial charge in [-0.1, -0.05) is 6.42 Å². The average molecular weight is 215 g/mol. The molecule has 0 radical (unpaired) electrons. The van der Waals surface area contributed by atoms with E-state index in [1.165, 1.54) is 25.8 Å². The summed E-state index contributed by atoms with van der Waals surface area (Å²) in [4.78, 5) is 2.47. The highest BCUT2D eigenvalue weighted by Crippen LogP contribution is 2.18. The Morgan fingerprint density at radius 1 is 1.40 bits per heavy atom. The number of hydrogen-bond acceptors (Lipinski definition) is 3. The molecule has 0 spiro atoms. The quantitative estimate of drug-likeness (QED) is 0.731. The lowest BCUT2D eigenvalue weighted by Gasteiger charge is -2.35. The van der Waals surface area contributed by atoms with E-state index in [1.807, 2.05) is 0 Å². The lowest BCUT2D eigenvalue weighted by molar-refractivity contribution is 0.0352. The summed E-state index contributed by atoms with van der Waals surface area (Å²) < 4.78 is 5.57. The Kier molecular flexibility index (Phi) is 6.22. The van der Waals surface area contributed by atoms with Crippen LogP contribution in [0, 0.1) is 0 Å². The van der Waals surface area contributed by atoms with Gasteiger partial charge in [0.25, 0.3) is 0 Å². The summed E-state index contributed by atoms with van der Waals surface area (Å²) in [6.07, 6.45) is 5.09. The minimum absolute atomic E-state index is 0.312. The van der Waals surface area contributed by atoms with E-state index < -0.39 is 0 Å². The second kappa shape index (κ2) is 7.20. The van der Waals surface area contributed by atoms with Gasteiger partial charge in [0.2, 0.25) is 0 Å². The van der Waals surface area contributed by atoms with Gasteiger partial charge in [0, 0.05) is 19.2 Å². The molecule has 90 valence electrons. The van der Waals surface area contributed by atoms with E-state index >= 15 is 0 Å². The van der Waals surface area contributed by atoms with Crippen molar-refractivity contribution < 1.29 is 9.84 Å². The predicted molar refractivity (Wildman–Crippen MR) is 62.0 cm³/mol. The molecule has 0 aromatic rings. The van der Waals surface area contributed by atoms with Crippen LogP contribution in [0.2, 0.25) is 0 Å². The van der Waals surface area contributed by atoms with Crippen molar-refractivity contribution in [1.82, 2.24) is 4.90 Å². The van der Waals surface area contributed by atoms with Crippen molar-refractivity contribution in [1.29, 1.82) is 0 Å². The van der Waals surface area contributed by atoms with Gasteiger partial charge in [0.15, 0.2) is 0 Å². The second-order valence-corrected chi connectivity index (χ2v) is 4.62. The average Bonchev–Trinajstić information content (AvgIpc) is 2.20. The third-order valence-corrected chi connectivity index (χ3v) is 3.04. The van der Waals surface area contributed by atoms with Crippen LogP contribution < -0.4 is 0 Å². The predicted octanol–water partition coefficient (Wildman–Crippen LogP) is 1.65. The fourth-order valence-electron chi connectivity index (χ4n) is 2.24. The van der Waals surface area contributed by atoms with E-state index in [4.69, 9.17) is 9.84 Å². The van der Waals surface area contributed by atoms with Crippen LogP contribution in [-0.4, -0.2) is 48.5 Å². The maximum atomic E-state index is 8.99. The summed E-state index contributed by atoms with van der Waals surface area (Å²) in [5, 5.41) is 8.99. The molecule has 1 rings (SSSR count). The van der Waals surface area contributed by atoms with Crippen LogP contribution in [0.5, 0.6) is 0 Å². The largest absolute Gasteiger partial charge is 0.396 e. The molecule has 1 fully saturated rings. The topological polar surface area (TPSA) is 32.7 Å². The number of hydrogen-bond donors (Lipinski definition) is 1. The molecule has 0 aromatic heterocycles. The van der Waals surface area contributed by atoms with Gasteiger partial charge in [0.05, 0.1) is 12.7 Å². The fraction of sp³-hybridized carbons (Fsp3) is 1.00. The Labute approximate surface area is 93.4 Å². The van der Waals surface area contributed by atoms with Gasteiger partial charge >= 0.3 is 0 Å². The maximum absolute atomic E-state index is 8.99. The van der Waals surface area contributed by atoms with Crippen LogP contribution in [0.4, 0.5) is 0 Å². The highest BCUT2D eigenvalue weighted by molar-refractivity contribution is 4.76. The first-order chi connectivity index (χ1) is 7.24. The van der Waals surface area contributed by atoms with Gasteiger partial charge in [0.1, 0.15) is 0 Å². The second-order valence-electron chi connectivity index (χ2n) is 4.62. The molecule has 3 nitrogen and oxygen atoms in total. The normalized spacial score (nSPS) is 23.6. The van der Waals surface area contributed by atoms with Gasteiger partial charge in [-0.15, -0.1) is 0 Å². The van der Waals surface area contributed by atoms with Crippen molar-refractivity contribution in [2.24, 2.45) is 0 Å². The van der Waals surface area contributed by atoms with E-state index in [0.717, 1.165) is 19.6 Å². The van der Waals surface area contributed by atoms with Crippen molar-refractivity contribution in [2.75, 3.05) is 26.3 Å². The Morgan fingerprint density at radius 2 is 2.20 bits per heavy atom. The minimum atomic E-state index is 0.312. The molecule has 1 aliphatic rings. The molecule has 0 bridgehead atoms. The maximum Gasteiger partial charge on any atom is 0.0597 e. The zero-order valence-electron chi connectivity index (χ0n) is 10.1. The Hall–Kier alpha value is -0.120. The van der Waals surface area contributed by atoms with Crippen LogP contribution in [0.15, 0.2) is 0 Å². The number of aliphatic hydroxyl groups is 1. The van der Waals surface area contributed by atoms with Crippen molar-refractivity contribution in [2.45, 2.75) is 51.7 Å². The zero-order valence-corrected chi connectivity index (χ0v) is 10.1. The minimum Gasteiger partial charge on any atom is -0.396 e. The molecule has 1 unspecified atom stereocenters. The zero-order chi connectivity index (χ0) is 11.1. The van der Waals surface area contributed by atoms with Crippen molar-refractivity contribution in [3.05, 3.63) is 0 Å². The SMILES string of the molecule is CC(C)OCCN1CCCCC1CCO. The molecule has 1 heterocycles. The van der Waals surface area contributed by atoms with Gasteiger partial charge in [-0.3, -0.25) is 4.90 Å². The first kappa shape index (κ1) is 12.9. The fourth-order valence-corrected chi connectivity index (χ4v) is 2.24. The van der Waals surface area contributed by atoms with Gasteiger partial charge in [-0.2, -0.15) is 0 Å². The number of ether oxygens (including phenoxy) is 1. The first-order valence-electron chi connectivity index (χ1n) is 6.20. The Bertz CT molecular complexity index is 160. The standard InChI is InChI=1S/C12H25NO2/c1-11(2)15-10-8-13-7-4-3-5-12(13)6-9-14/h11-12,14H,3-10H2,1-2H3. The lowest BCUT2D eigenvalue weighted by atomic mass is 10.00. The molecule has 0 saturated carbocycles. The summed E-state index contributed by atoms with van der Waals surface area (Å²) in [7, 11) is 0. The highest BCUT2D eigenvalue weighted by atomic mass is 16.5. The smallest absolute Gasteiger partial charge is 0.0597 e. The van der Waals surface area contributed by atoms with Gasteiger partial charge < -0.3 is 9.84 Å². The number of piperidine rings is 1. The third kappa shape index (κ3) is 4.96. The molecule has 0 amide bonds. The van der Waals surface area contributed by atoms with Gasteiger partial charge in [-0.05, 0) is 39.7 Å². The van der Waals surface area contributed by atoms with Crippen LogP contribution in [-0.2, 0) is 4.74 Å². The van der Waals surface area contributed by atoms with Crippen molar-refractivity contribution >= 4 is 0 Å². The summed E-state index contributed by atoms with van der Waals surface area (Å²) in [6, 6.07) is 0.583. The third-order valence-electron chi connectivity index (χ3n) is 3.04. The molecule has 1 N–H and O–H groups in total. The van der Waals surface area contributed by atoms with Crippen molar-refractivity contribution in [3.63, 3.8) is 0 Å². The molecule has 0 aromatic carbocycles. The molecule has 3 heteroatoms. The molecular formula is C12H25NO2. The first-order valence-corrected chi connectivity index (χ1v) is 6.20. The lowest BCUT2D eigenvalue weighted by Crippen LogP contribution is -2.42. The van der Waals surface area contributed by atoms with Crippen LogP contribution >= 0.6 is 0 Å². The number of likely N-dealkylation sites (tertiary alicyclic amines) is 1.